The molecule has 4 nitrogen and oxygen atoms in total. The van der Waals surface area contributed by atoms with Crippen molar-refractivity contribution in [1.29, 1.82) is 0 Å². The normalized spacial score (nSPS) is 20.1. The number of nitrogens with zero attached hydrogens (tertiary/aromatic N) is 4. The number of benzene rings is 1. The van der Waals surface area contributed by atoms with E-state index >= 15 is 0 Å². The fraction of sp³-hybridized carbons (Fsp3) is 0.611. The molecule has 22 heavy (non-hydrogen) atoms. The second kappa shape index (κ2) is 5.67. The summed E-state index contributed by atoms with van der Waals surface area (Å²) in [7, 11) is 4.25. The molecule has 0 saturated heterocycles. The van der Waals surface area contributed by atoms with Gasteiger partial charge in [-0.15, -0.1) is 0 Å². The monoisotopic (exact) mass is 298 g/mol. The standard InChI is InChI=1S/C18H26N4/c1-20(2)13-14-6-7-16-17(12-14)22-11-10-21(15-4-3-5-15)9-8-18(22)19-16/h6-7,12,15H,3-5,8-11,13H2,1-2H3. The highest BCUT2D eigenvalue weighted by Crippen LogP contribution is 2.27. The van der Waals surface area contributed by atoms with Gasteiger partial charge in [-0.25, -0.2) is 4.98 Å². The van der Waals surface area contributed by atoms with Crippen molar-refractivity contribution in [3.05, 3.63) is 29.6 Å². The van der Waals surface area contributed by atoms with Crippen LogP contribution in [0.15, 0.2) is 18.2 Å². The highest BCUT2D eigenvalue weighted by molar-refractivity contribution is 5.77. The molecular weight excluding hydrogens is 272 g/mol. The third-order valence-electron chi connectivity index (χ3n) is 5.22. The van der Waals surface area contributed by atoms with Crippen LogP contribution >= 0.6 is 0 Å². The first-order chi connectivity index (χ1) is 10.7. The Morgan fingerprint density at radius 1 is 1.18 bits per heavy atom. The maximum absolute atomic E-state index is 4.89. The minimum atomic E-state index is 0.847. The molecule has 1 aromatic carbocycles. The van der Waals surface area contributed by atoms with E-state index in [0.29, 0.717) is 0 Å². The summed E-state index contributed by atoms with van der Waals surface area (Å²) in [5.41, 5.74) is 3.86. The van der Waals surface area contributed by atoms with E-state index in [1.807, 2.05) is 0 Å². The number of fused-ring (bicyclic) bond motifs is 3. The molecule has 0 N–H and O–H groups in total. The van der Waals surface area contributed by atoms with Gasteiger partial charge in [0.2, 0.25) is 0 Å². The Balaban J connectivity index is 1.62. The molecule has 0 atom stereocenters. The molecule has 2 aliphatic rings. The number of rotatable bonds is 3. The second-order valence-electron chi connectivity index (χ2n) is 7.11. The van der Waals surface area contributed by atoms with Gasteiger partial charge in [0.1, 0.15) is 5.82 Å². The Labute approximate surface area is 132 Å². The smallest absolute Gasteiger partial charge is 0.111 e. The van der Waals surface area contributed by atoms with Gasteiger partial charge < -0.3 is 9.47 Å². The van der Waals surface area contributed by atoms with E-state index < -0.39 is 0 Å². The van der Waals surface area contributed by atoms with Crippen LogP contribution in [0.3, 0.4) is 0 Å². The molecule has 1 aliphatic heterocycles. The third-order valence-corrected chi connectivity index (χ3v) is 5.22. The van der Waals surface area contributed by atoms with Crippen LogP contribution < -0.4 is 0 Å². The van der Waals surface area contributed by atoms with Crippen LogP contribution in [0.4, 0.5) is 0 Å². The van der Waals surface area contributed by atoms with Crippen molar-refractivity contribution >= 4 is 11.0 Å². The zero-order valence-electron chi connectivity index (χ0n) is 13.8. The molecule has 2 aromatic rings. The Morgan fingerprint density at radius 3 is 2.77 bits per heavy atom. The molecule has 0 bridgehead atoms. The van der Waals surface area contributed by atoms with Crippen LogP contribution in [0.25, 0.3) is 11.0 Å². The largest absolute Gasteiger partial charge is 0.327 e. The van der Waals surface area contributed by atoms with E-state index in [1.165, 1.54) is 49.3 Å². The molecule has 0 amide bonds. The quantitative estimate of drug-likeness (QED) is 0.870. The van der Waals surface area contributed by atoms with Crippen LogP contribution in [0.5, 0.6) is 0 Å². The molecule has 118 valence electrons. The minimum absolute atomic E-state index is 0.847. The van der Waals surface area contributed by atoms with Crippen LogP contribution in [0.2, 0.25) is 0 Å². The fourth-order valence-corrected chi connectivity index (χ4v) is 3.82. The van der Waals surface area contributed by atoms with Crippen molar-refractivity contribution in [2.24, 2.45) is 0 Å². The summed E-state index contributed by atoms with van der Waals surface area (Å²) >= 11 is 0. The summed E-state index contributed by atoms with van der Waals surface area (Å²) in [5.74, 6) is 1.28. The lowest BCUT2D eigenvalue weighted by Crippen LogP contribution is -2.41. The lowest BCUT2D eigenvalue weighted by molar-refractivity contribution is 0.130. The molecule has 2 heterocycles. The highest BCUT2D eigenvalue weighted by Gasteiger charge is 2.27. The molecule has 0 radical (unpaired) electrons. The summed E-state index contributed by atoms with van der Waals surface area (Å²) in [6, 6.07) is 7.60. The fourth-order valence-electron chi connectivity index (χ4n) is 3.82. The lowest BCUT2D eigenvalue weighted by Gasteiger charge is -2.36. The zero-order chi connectivity index (χ0) is 15.1. The second-order valence-corrected chi connectivity index (χ2v) is 7.11. The Hall–Kier alpha value is -1.39. The van der Waals surface area contributed by atoms with E-state index in [9.17, 15) is 0 Å². The number of hydrogen-bond donors (Lipinski definition) is 0. The van der Waals surface area contributed by atoms with E-state index in [0.717, 1.165) is 31.1 Å². The van der Waals surface area contributed by atoms with E-state index in [1.54, 1.807) is 0 Å². The van der Waals surface area contributed by atoms with Gasteiger partial charge in [0.15, 0.2) is 0 Å². The van der Waals surface area contributed by atoms with Gasteiger partial charge in [0.05, 0.1) is 11.0 Å². The Bertz CT molecular complexity index is 669. The van der Waals surface area contributed by atoms with Gasteiger partial charge in [-0.3, -0.25) is 4.90 Å². The van der Waals surface area contributed by atoms with Crippen LogP contribution in [-0.2, 0) is 19.5 Å². The zero-order valence-corrected chi connectivity index (χ0v) is 13.8. The number of hydrogen-bond acceptors (Lipinski definition) is 3. The Kier molecular flexibility index (Phi) is 3.66. The van der Waals surface area contributed by atoms with Crippen LogP contribution in [0.1, 0.15) is 30.7 Å². The maximum atomic E-state index is 4.89. The number of imidazole rings is 1. The van der Waals surface area contributed by atoms with Crippen LogP contribution in [-0.4, -0.2) is 52.6 Å². The van der Waals surface area contributed by atoms with E-state index in [4.69, 9.17) is 4.98 Å². The maximum Gasteiger partial charge on any atom is 0.111 e. The van der Waals surface area contributed by atoms with Crippen molar-refractivity contribution in [2.75, 3.05) is 27.2 Å². The molecule has 1 saturated carbocycles. The molecule has 0 unspecified atom stereocenters. The first-order valence-corrected chi connectivity index (χ1v) is 8.57. The molecule has 0 spiro atoms. The Morgan fingerprint density at radius 2 is 2.05 bits per heavy atom. The molecule has 1 aliphatic carbocycles. The third kappa shape index (κ3) is 2.55. The molecule has 4 rings (SSSR count). The van der Waals surface area contributed by atoms with Gasteiger partial charge in [0.25, 0.3) is 0 Å². The molecule has 4 heteroatoms. The predicted octanol–water partition coefficient (Wildman–Crippen LogP) is 2.51. The molecular formula is C18H26N4. The van der Waals surface area contributed by atoms with Crippen molar-refractivity contribution < 1.29 is 0 Å². The minimum Gasteiger partial charge on any atom is -0.327 e. The van der Waals surface area contributed by atoms with E-state index in [2.05, 4.69) is 46.7 Å². The van der Waals surface area contributed by atoms with Crippen LogP contribution in [0, 0.1) is 0 Å². The summed E-state index contributed by atoms with van der Waals surface area (Å²) in [5, 5.41) is 0. The first kappa shape index (κ1) is 14.2. The highest BCUT2D eigenvalue weighted by atomic mass is 15.2. The molecule has 1 fully saturated rings. The number of aromatic nitrogens is 2. The average Bonchev–Trinajstić information content (AvgIpc) is 2.63. The van der Waals surface area contributed by atoms with Gasteiger partial charge in [-0.05, 0) is 44.6 Å². The summed E-state index contributed by atoms with van der Waals surface area (Å²) in [6.07, 6.45) is 5.31. The van der Waals surface area contributed by atoms with Gasteiger partial charge in [-0.1, -0.05) is 12.5 Å². The summed E-state index contributed by atoms with van der Waals surface area (Å²) in [4.78, 5) is 9.80. The SMILES string of the molecule is CN(C)Cc1ccc2nc3n(c2c1)CCN(C1CCC1)CC3. The summed E-state index contributed by atoms with van der Waals surface area (Å²) in [6.45, 7) is 4.44. The van der Waals surface area contributed by atoms with Crippen molar-refractivity contribution in [1.82, 2.24) is 19.4 Å². The van der Waals surface area contributed by atoms with Crippen molar-refractivity contribution in [3.8, 4) is 0 Å². The predicted molar refractivity (Wildman–Crippen MR) is 90.0 cm³/mol. The topological polar surface area (TPSA) is 24.3 Å². The van der Waals surface area contributed by atoms with Crippen molar-refractivity contribution in [3.63, 3.8) is 0 Å². The van der Waals surface area contributed by atoms with Gasteiger partial charge >= 0.3 is 0 Å². The molecule has 1 aromatic heterocycles. The van der Waals surface area contributed by atoms with Gasteiger partial charge in [-0.2, -0.15) is 0 Å². The lowest BCUT2D eigenvalue weighted by atomic mass is 9.91. The van der Waals surface area contributed by atoms with Crippen molar-refractivity contribution in [2.45, 2.75) is 44.8 Å². The van der Waals surface area contributed by atoms with E-state index in [-0.39, 0.29) is 0 Å². The summed E-state index contributed by atoms with van der Waals surface area (Å²) < 4.78 is 2.47. The van der Waals surface area contributed by atoms with Gasteiger partial charge in [0, 0.05) is 38.6 Å². The average molecular weight is 298 g/mol. The first-order valence-electron chi connectivity index (χ1n) is 8.57.